The number of sulfonamides is 1. The van der Waals surface area contributed by atoms with Gasteiger partial charge in [0.15, 0.2) is 0 Å². The highest BCUT2D eigenvalue weighted by Gasteiger charge is 2.31. The molecule has 144 valence electrons. The maximum absolute atomic E-state index is 12.2. The molecule has 0 radical (unpaired) electrons. The van der Waals surface area contributed by atoms with Gasteiger partial charge in [-0.3, -0.25) is 0 Å². The van der Waals surface area contributed by atoms with Crippen molar-refractivity contribution < 1.29 is 31.4 Å². The van der Waals surface area contributed by atoms with E-state index in [0.717, 1.165) is 29.1 Å². The number of hydrogen-bond acceptors (Lipinski definition) is 5. The van der Waals surface area contributed by atoms with E-state index in [1.54, 1.807) is 0 Å². The first-order valence-corrected chi connectivity index (χ1v) is 10.1. The summed E-state index contributed by atoms with van der Waals surface area (Å²) in [6.45, 7) is 0.141. The minimum atomic E-state index is -4.83. The van der Waals surface area contributed by atoms with Gasteiger partial charge in [-0.05, 0) is 54.5 Å². The molecule has 0 aliphatic heterocycles. The molecule has 0 spiro atoms. The number of rotatable bonds is 9. The summed E-state index contributed by atoms with van der Waals surface area (Å²) >= 11 is 1.54. The second kappa shape index (κ2) is 8.85. The van der Waals surface area contributed by atoms with Gasteiger partial charge in [0.25, 0.3) is 0 Å². The van der Waals surface area contributed by atoms with Crippen molar-refractivity contribution >= 4 is 21.4 Å². The van der Waals surface area contributed by atoms with E-state index in [0.29, 0.717) is 12.8 Å². The van der Waals surface area contributed by atoms with Crippen LogP contribution >= 0.6 is 11.3 Å². The fourth-order valence-corrected chi connectivity index (χ4v) is 4.33. The van der Waals surface area contributed by atoms with Gasteiger partial charge in [0.05, 0.1) is 4.90 Å². The second-order valence-electron chi connectivity index (χ2n) is 5.43. The average molecular weight is 409 g/mol. The minimum Gasteiger partial charge on any atom is -0.406 e. The highest BCUT2D eigenvalue weighted by atomic mass is 32.2. The van der Waals surface area contributed by atoms with Gasteiger partial charge in [0.2, 0.25) is 10.0 Å². The summed E-state index contributed by atoms with van der Waals surface area (Å²) in [4.78, 5) is 0.911. The van der Waals surface area contributed by atoms with E-state index in [1.165, 1.54) is 11.3 Å². The van der Waals surface area contributed by atoms with Crippen molar-refractivity contribution in [2.75, 3.05) is 13.2 Å². The van der Waals surface area contributed by atoms with E-state index >= 15 is 0 Å². The van der Waals surface area contributed by atoms with Crippen molar-refractivity contribution in [1.29, 1.82) is 0 Å². The maximum Gasteiger partial charge on any atom is 0.573 e. The van der Waals surface area contributed by atoms with Crippen LogP contribution in [0.2, 0.25) is 0 Å². The van der Waals surface area contributed by atoms with Gasteiger partial charge in [0, 0.05) is 18.0 Å². The number of alkyl halides is 3. The molecule has 1 unspecified atom stereocenters. The molecule has 0 amide bonds. The zero-order valence-corrected chi connectivity index (χ0v) is 15.2. The average Bonchev–Trinajstić information content (AvgIpc) is 3.07. The fraction of sp³-hybridized carbons (Fsp3) is 0.375. The molecule has 2 rings (SSSR count). The molecule has 0 bridgehead atoms. The van der Waals surface area contributed by atoms with Crippen LogP contribution in [0.5, 0.6) is 5.75 Å². The van der Waals surface area contributed by atoms with Gasteiger partial charge >= 0.3 is 6.36 Å². The van der Waals surface area contributed by atoms with Gasteiger partial charge in [-0.15, -0.1) is 24.5 Å². The fourth-order valence-electron chi connectivity index (χ4n) is 2.38. The zero-order chi connectivity index (χ0) is 19.2. The van der Waals surface area contributed by atoms with Gasteiger partial charge in [0.1, 0.15) is 5.75 Å². The summed E-state index contributed by atoms with van der Waals surface area (Å²) in [5, 5.41) is 11.1. The summed E-state index contributed by atoms with van der Waals surface area (Å²) < 4.78 is 67.0. The molecule has 10 heteroatoms. The largest absolute Gasteiger partial charge is 0.573 e. The lowest BCUT2D eigenvalue weighted by Crippen LogP contribution is -2.26. The summed E-state index contributed by atoms with van der Waals surface area (Å²) in [6, 6.07) is 7.81. The molecule has 5 nitrogen and oxygen atoms in total. The van der Waals surface area contributed by atoms with E-state index in [1.807, 2.05) is 17.5 Å². The Bertz CT molecular complexity index is 775. The first-order chi connectivity index (χ1) is 12.2. The highest BCUT2D eigenvalue weighted by Crippen LogP contribution is 2.27. The Morgan fingerprint density at radius 2 is 1.85 bits per heavy atom. The standard InChI is InChI=1S/C16H18F3NO4S2/c17-16(18,19)24-13-3-5-14(6-4-13)26(22,23)20-9-7-12(8-10-21)15-2-1-11-25-15/h1-6,11-12,20-21H,7-10H2. The van der Waals surface area contributed by atoms with Crippen LogP contribution in [0.15, 0.2) is 46.7 Å². The van der Waals surface area contributed by atoms with Crippen molar-refractivity contribution in [3.63, 3.8) is 0 Å². The lowest BCUT2D eigenvalue weighted by atomic mass is 10.0. The Morgan fingerprint density at radius 1 is 1.15 bits per heavy atom. The van der Waals surface area contributed by atoms with Crippen molar-refractivity contribution in [2.45, 2.75) is 30.0 Å². The third-order valence-corrected chi connectivity index (χ3v) is 6.09. The smallest absolute Gasteiger partial charge is 0.406 e. The number of aliphatic hydroxyl groups excluding tert-OH is 1. The third-order valence-electron chi connectivity index (χ3n) is 3.58. The Balaban J connectivity index is 1.95. The van der Waals surface area contributed by atoms with Gasteiger partial charge < -0.3 is 9.84 Å². The van der Waals surface area contributed by atoms with Crippen LogP contribution in [0, 0.1) is 0 Å². The van der Waals surface area contributed by atoms with E-state index in [9.17, 15) is 21.6 Å². The lowest BCUT2D eigenvalue weighted by Gasteiger charge is -2.15. The molecule has 0 saturated heterocycles. The molecular formula is C16H18F3NO4S2. The molecule has 0 aliphatic rings. The third kappa shape index (κ3) is 6.27. The molecule has 0 fully saturated rings. The van der Waals surface area contributed by atoms with Crippen molar-refractivity contribution in [3.05, 3.63) is 46.7 Å². The van der Waals surface area contributed by atoms with Crippen LogP contribution in [0.3, 0.4) is 0 Å². The topological polar surface area (TPSA) is 75.6 Å². The number of ether oxygens (including phenoxy) is 1. The second-order valence-corrected chi connectivity index (χ2v) is 8.18. The number of thiophene rings is 1. The van der Waals surface area contributed by atoms with E-state index < -0.39 is 22.1 Å². The summed E-state index contributed by atoms with van der Waals surface area (Å²) in [5.41, 5.74) is 0. The van der Waals surface area contributed by atoms with Crippen molar-refractivity contribution in [3.8, 4) is 5.75 Å². The van der Waals surface area contributed by atoms with E-state index in [2.05, 4.69) is 9.46 Å². The molecule has 2 aromatic rings. The maximum atomic E-state index is 12.2. The van der Waals surface area contributed by atoms with Crippen molar-refractivity contribution in [1.82, 2.24) is 4.72 Å². The monoisotopic (exact) mass is 409 g/mol. The Kier molecular flexibility index (Phi) is 7.04. The molecule has 0 saturated carbocycles. The normalized spacial score (nSPS) is 13.5. The Morgan fingerprint density at radius 3 is 2.38 bits per heavy atom. The van der Waals surface area contributed by atoms with Gasteiger partial charge in [-0.25, -0.2) is 13.1 Å². The van der Waals surface area contributed by atoms with Crippen LogP contribution < -0.4 is 9.46 Å². The van der Waals surface area contributed by atoms with Gasteiger partial charge in [-0.2, -0.15) is 0 Å². The first-order valence-electron chi connectivity index (χ1n) is 7.71. The molecule has 1 atom stereocenters. The van der Waals surface area contributed by atoms with Crippen molar-refractivity contribution in [2.24, 2.45) is 0 Å². The molecule has 26 heavy (non-hydrogen) atoms. The molecule has 1 heterocycles. The van der Waals surface area contributed by atoms with Crippen LogP contribution in [0.1, 0.15) is 23.6 Å². The lowest BCUT2D eigenvalue weighted by molar-refractivity contribution is -0.274. The van der Waals surface area contributed by atoms with Crippen LogP contribution in [-0.4, -0.2) is 33.0 Å². The van der Waals surface area contributed by atoms with Crippen LogP contribution in [0.4, 0.5) is 13.2 Å². The van der Waals surface area contributed by atoms with Gasteiger partial charge in [-0.1, -0.05) is 6.07 Å². The quantitative estimate of drug-likeness (QED) is 0.665. The molecular weight excluding hydrogens is 391 g/mol. The molecule has 1 aromatic heterocycles. The first kappa shape index (κ1) is 20.7. The number of hydrogen-bond donors (Lipinski definition) is 2. The Hall–Kier alpha value is -1.62. The van der Waals surface area contributed by atoms with Crippen LogP contribution in [0.25, 0.3) is 0 Å². The number of nitrogens with one attached hydrogen (secondary N) is 1. The molecule has 0 aliphatic carbocycles. The highest BCUT2D eigenvalue weighted by molar-refractivity contribution is 7.89. The SMILES string of the molecule is O=S(=O)(NCCC(CCO)c1cccs1)c1ccc(OC(F)(F)F)cc1. The summed E-state index contributed by atoms with van der Waals surface area (Å²) in [5.74, 6) is -0.456. The molecule has 1 aromatic carbocycles. The predicted molar refractivity (Wildman–Crippen MR) is 91.7 cm³/mol. The van der Waals surface area contributed by atoms with E-state index in [-0.39, 0.29) is 24.0 Å². The predicted octanol–water partition coefficient (Wildman–Crippen LogP) is 3.48. The number of aliphatic hydroxyl groups is 1. The van der Waals surface area contributed by atoms with E-state index in [4.69, 9.17) is 5.11 Å². The zero-order valence-electron chi connectivity index (χ0n) is 13.6. The minimum absolute atomic E-state index is 0.00398. The summed E-state index contributed by atoms with van der Waals surface area (Å²) in [7, 11) is -3.85. The summed E-state index contributed by atoms with van der Waals surface area (Å²) in [6.07, 6.45) is -3.82. The van der Waals surface area contributed by atoms with Crippen LogP contribution in [-0.2, 0) is 10.0 Å². The number of benzene rings is 1. The molecule has 2 N–H and O–H groups in total. The number of halogens is 3. The Labute approximate surface area is 153 Å².